The Hall–Kier alpha value is -0.930. The molecule has 0 saturated carbocycles. The van der Waals surface area contributed by atoms with Gasteiger partial charge in [-0.3, -0.25) is 0 Å². The van der Waals surface area contributed by atoms with Gasteiger partial charge in [-0.2, -0.15) is 0 Å². The Morgan fingerprint density at radius 3 is 3.14 bits per heavy atom. The number of aryl methyl sites for hydroxylation is 1. The van der Waals surface area contributed by atoms with Gasteiger partial charge in [0.2, 0.25) is 0 Å². The third-order valence-corrected chi connectivity index (χ3v) is 3.18. The molecule has 0 radical (unpaired) electrons. The molecular formula is C10H8ClNOS. The summed E-state index contributed by atoms with van der Waals surface area (Å²) in [6.45, 7) is 0. The number of fused-ring (bicyclic) bond motifs is 1. The molecule has 14 heavy (non-hydrogen) atoms. The van der Waals surface area contributed by atoms with Crippen LogP contribution in [0.1, 0.15) is 11.4 Å². The summed E-state index contributed by atoms with van der Waals surface area (Å²) in [5.74, 6) is 0. The fraction of sp³-hybridized carbons (Fsp3) is 0.200. The van der Waals surface area contributed by atoms with E-state index in [0.717, 1.165) is 33.0 Å². The van der Waals surface area contributed by atoms with E-state index in [1.165, 1.54) is 0 Å². The molecule has 0 spiro atoms. The summed E-state index contributed by atoms with van der Waals surface area (Å²) < 4.78 is 1.08. The number of hydrogen-bond donors (Lipinski definition) is 0. The summed E-state index contributed by atoms with van der Waals surface area (Å²) in [7, 11) is 0. The normalized spacial score (nSPS) is 10.6. The lowest BCUT2D eigenvalue weighted by Gasteiger charge is -1.86. The van der Waals surface area contributed by atoms with Gasteiger partial charge in [0.25, 0.3) is 0 Å². The van der Waals surface area contributed by atoms with Crippen molar-refractivity contribution in [3.63, 3.8) is 0 Å². The predicted octanol–water partition coefficient (Wildman–Crippen LogP) is 3.08. The fourth-order valence-corrected chi connectivity index (χ4v) is 2.49. The molecule has 0 unspecified atom stereocenters. The third kappa shape index (κ3) is 1.94. The number of carbonyl (C=O) groups is 1. The molecule has 72 valence electrons. The number of hydrogen-bond acceptors (Lipinski definition) is 3. The Balaban J connectivity index is 2.36. The average molecular weight is 226 g/mol. The lowest BCUT2D eigenvalue weighted by Crippen LogP contribution is -1.83. The van der Waals surface area contributed by atoms with Gasteiger partial charge in [-0.1, -0.05) is 11.6 Å². The van der Waals surface area contributed by atoms with Gasteiger partial charge in [-0.25, -0.2) is 4.98 Å². The van der Waals surface area contributed by atoms with Crippen LogP contribution < -0.4 is 0 Å². The van der Waals surface area contributed by atoms with E-state index in [-0.39, 0.29) is 0 Å². The summed E-state index contributed by atoms with van der Waals surface area (Å²) in [5.41, 5.74) is 0.959. The first-order valence-electron chi connectivity index (χ1n) is 4.28. The number of aromatic nitrogens is 1. The van der Waals surface area contributed by atoms with Crippen LogP contribution in [0.3, 0.4) is 0 Å². The van der Waals surface area contributed by atoms with Crippen molar-refractivity contribution in [2.45, 2.75) is 12.8 Å². The van der Waals surface area contributed by atoms with Gasteiger partial charge in [0.1, 0.15) is 6.29 Å². The minimum absolute atomic E-state index is 0.535. The number of carbonyl (C=O) groups excluding carboxylic acids is 1. The van der Waals surface area contributed by atoms with Crippen LogP contribution in [0.4, 0.5) is 0 Å². The molecule has 2 rings (SSSR count). The van der Waals surface area contributed by atoms with Gasteiger partial charge >= 0.3 is 0 Å². The zero-order valence-corrected chi connectivity index (χ0v) is 8.94. The molecule has 0 saturated heterocycles. The van der Waals surface area contributed by atoms with Crippen molar-refractivity contribution in [2.75, 3.05) is 0 Å². The van der Waals surface area contributed by atoms with Crippen molar-refractivity contribution >= 4 is 39.4 Å². The molecular weight excluding hydrogens is 218 g/mol. The fourth-order valence-electron chi connectivity index (χ4n) is 1.24. The third-order valence-electron chi connectivity index (χ3n) is 1.87. The minimum atomic E-state index is 0.535. The van der Waals surface area contributed by atoms with Crippen LogP contribution in [0, 0.1) is 0 Å². The zero-order chi connectivity index (χ0) is 9.97. The molecule has 0 atom stereocenters. The van der Waals surface area contributed by atoms with E-state index >= 15 is 0 Å². The van der Waals surface area contributed by atoms with Crippen molar-refractivity contribution in [3.8, 4) is 0 Å². The molecule has 1 aromatic heterocycles. The van der Waals surface area contributed by atoms with Crippen LogP contribution in [0.25, 0.3) is 10.2 Å². The highest BCUT2D eigenvalue weighted by Gasteiger charge is 2.03. The van der Waals surface area contributed by atoms with Crippen molar-refractivity contribution in [1.82, 2.24) is 4.98 Å². The number of aldehydes is 1. The van der Waals surface area contributed by atoms with Gasteiger partial charge in [-0.05, 0) is 18.2 Å². The van der Waals surface area contributed by atoms with E-state index in [4.69, 9.17) is 11.6 Å². The molecule has 0 fully saturated rings. The Kier molecular flexibility index (Phi) is 2.79. The SMILES string of the molecule is O=CCCc1nc2ccc(Cl)cc2s1. The molecule has 0 N–H and O–H groups in total. The summed E-state index contributed by atoms with van der Waals surface area (Å²) in [4.78, 5) is 14.6. The maximum Gasteiger partial charge on any atom is 0.120 e. The highest BCUT2D eigenvalue weighted by molar-refractivity contribution is 7.18. The van der Waals surface area contributed by atoms with Crippen LogP contribution in [0.2, 0.25) is 5.02 Å². The predicted molar refractivity (Wildman–Crippen MR) is 59.0 cm³/mol. The van der Waals surface area contributed by atoms with E-state index in [9.17, 15) is 4.79 Å². The van der Waals surface area contributed by atoms with E-state index in [1.807, 2.05) is 18.2 Å². The Morgan fingerprint density at radius 1 is 1.50 bits per heavy atom. The highest BCUT2D eigenvalue weighted by Crippen LogP contribution is 2.25. The van der Waals surface area contributed by atoms with Crippen LogP contribution in [-0.4, -0.2) is 11.3 Å². The molecule has 4 heteroatoms. The summed E-state index contributed by atoms with van der Waals surface area (Å²) >= 11 is 7.45. The lowest BCUT2D eigenvalue weighted by atomic mass is 10.3. The molecule has 0 aliphatic heterocycles. The first kappa shape index (κ1) is 9.62. The molecule has 0 aliphatic carbocycles. The Bertz CT molecular complexity index is 466. The second kappa shape index (κ2) is 4.07. The average Bonchev–Trinajstić information content (AvgIpc) is 2.56. The monoisotopic (exact) mass is 225 g/mol. The van der Waals surface area contributed by atoms with Gasteiger partial charge in [-0.15, -0.1) is 11.3 Å². The maximum atomic E-state index is 10.2. The van der Waals surface area contributed by atoms with E-state index in [0.29, 0.717) is 6.42 Å². The van der Waals surface area contributed by atoms with E-state index in [1.54, 1.807) is 11.3 Å². The van der Waals surface area contributed by atoms with Crippen LogP contribution >= 0.6 is 22.9 Å². The zero-order valence-electron chi connectivity index (χ0n) is 7.37. The van der Waals surface area contributed by atoms with Crippen molar-refractivity contribution in [1.29, 1.82) is 0 Å². The van der Waals surface area contributed by atoms with Crippen molar-refractivity contribution in [3.05, 3.63) is 28.2 Å². The molecule has 2 aromatic rings. The highest BCUT2D eigenvalue weighted by atomic mass is 35.5. The van der Waals surface area contributed by atoms with Crippen LogP contribution in [0.15, 0.2) is 18.2 Å². The standard InChI is InChI=1S/C10H8ClNOS/c11-7-3-4-8-9(6-7)14-10(12-8)2-1-5-13/h3-6H,1-2H2. The van der Waals surface area contributed by atoms with Crippen molar-refractivity contribution in [2.24, 2.45) is 0 Å². The Labute approximate surface area is 90.5 Å². The van der Waals surface area contributed by atoms with E-state index < -0.39 is 0 Å². The smallest absolute Gasteiger partial charge is 0.120 e. The second-order valence-electron chi connectivity index (χ2n) is 2.92. The number of halogens is 1. The molecule has 2 nitrogen and oxygen atoms in total. The molecule has 1 aromatic carbocycles. The first-order valence-corrected chi connectivity index (χ1v) is 5.47. The quantitative estimate of drug-likeness (QED) is 0.752. The summed E-state index contributed by atoms with van der Waals surface area (Å²) in [5, 5.41) is 1.72. The number of benzene rings is 1. The van der Waals surface area contributed by atoms with Gasteiger partial charge in [0.05, 0.1) is 15.2 Å². The largest absolute Gasteiger partial charge is 0.303 e. The van der Waals surface area contributed by atoms with E-state index in [2.05, 4.69) is 4.98 Å². The number of nitrogens with zero attached hydrogens (tertiary/aromatic N) is 1. The molecule has 0 amide bonds. The maximum absolute atomic E-state index is 10.2. The van der Waals surface area contributed by atoms with Crippen molar-refractivity contribution < 1.29 is 4.79 Å². The van der Waals surface area contributed by atoms with Gasteiger partial charge < -0.3 is 4.79 Å². The first-order chi connectivity index (χ1) is 6.79. The molecule has 1 heterocycles. The molecule has 0 bridgehead atoms. The lowest BCUT2D eigenvalue weighted by molar-refractivity contribution is -0.107. The summed E-state index contributed by atoms with van der Waals surface area (Å²) in [6.07, 6.45) is 2.17. The second-order valence-corrected chi connectivity index (χ2v) is 4.48. The number of rotatable bonds is 3. The molecule has 0 aliphatic rings. The van der Waals surface area contributed by atoms with Gasteiger partial charge in [0.15, 0.2) is 0 Å². The van der Waals surface area contributed by atoms with Crippen LogP contribution in [-0.2, 0) is 11.2 Å². The Morgan fingerprint density at radius 2 is 2.36 bits per heavy atom. The number of thiazole rings is 1. The van der Waals surface area contributed by atoms with Crippen LogP contribution in [0.5, 0.6) is 0 Å². The topological polar surface area (TPSA) is 30.0 Å². The van der Waals surface area contributed by atoms with Gasteiger partial charge in [0, 0.05) is 17.9 Å². The summed E-state index contributed by atoms with van der Waals surface area (Å²) in [6, 6.07) is 5.63. The minimum Gasteiger partial charge on any atom is -0.303 e.